The molecule has 0 spiro atoms. The molecule has 3 nitrogen and oxygen atoms in total. The average Bonchev–Trinajstić information content (AvgIpc) is 2.57. The molecule has 0 aromatic heterocycles. The van der Waals surface area contributed by atoms with E-state index in [0.717, 1.165) is 25.7 Å². The molecule has 1 aliphatic rings. The topological polar surface area (TPSA) is 55.1 Å². The Bertz CT molecular complexity index is 193. The maximum Gasteiger partial charge on any atom is 0.237 e. The van der Waals surface area contributed by atoms with Crippen molar-refractivity contribution in [2.75, 3.05) is 0 Å². The Morgan fingerprint density at radius 3 is 2.77 bits per heavy atom. The first-order valence-electron chi connectivity index (χ1n) is 4.95. The van der Waals surface area contributed by atoms with Gasteiger partial charge in [0.1, 0.15) is 0 Å². The molecule has 74 valence electrons. The van der Waals surface area contributed by atoms with Crippen molar-refractivity contribution in [2.45, 2.75) is 44.7 Å². The highest BCUT2D eigenvalue weighted by Crippen LogP contribution is 2.09. The zero-order valence-electron chi connectivity index (χ0n) is 8.12. The van der Waals surface area contributed by atoms with Crippen LogP contribution in [0, 0.1) is 0 Å². The van der Waals surface area contributed by atoms with Gasteiger partial charge in [0.25, 0.3) is 0 Å². The molecule has 3 N–H and O–H groups in total. The highest BCUT2D eigenvalue weighted by molar-refractivity contribution is 5.81. The van der Waals surface area contributed by atoms with E-state index in [-0.39, 0.29) is 18.0 Å². The van der Waals surface area contributed by atoms with Gasteiger partial charge >= 0.3 is 0 Å². The van der Waals surface area contributed by atoms with Gasteiger partial charge in [-0.05, 0) is 19.3 Å². The third kappa shape index (κ3) is 3.19. The molecule has 0 aromatic rings. The summed E-state index contributed by atoms with van der Waals surface area (Å²) in [5.74, 6) is -0.00412. The molecule has 0 aromatic carbocycles. The van der Waals surface area contributed by atoms with E-state index in [0.29, 0.717) is 0 Å². The maximum atomic E-state index is 11.4. The smallest absolute Gasteiger partial charge is 0.237 e. The molecule has 1 aliphatic carbocycles. The largest absolute Gasteiger partial charge is 0.351 e. The van der Waals surface area contributed by atoms with E-state index in [2.05, 4.69) is 17.5 Å². The summed E-state index contributed by atoms with van der Waals surface area (Å²) in [7, 11) is 0. The summed E-state index contributed by atoms with van der Waals surface area (Å²) in [4.78, 5) is 11.4. The fourth-order valence-corrected chi connectivity index (χ4v) is 1.49. The van der Waals surface area contributed by atoms with E-state index < -0.39 is 0 Å². The third-order valence-corrected chi connectivity index (χ3v) is 2.29. The molecule has 0 radical (unpaired) electrons. The monoisotopic (exact) mass is 182 g/mol. The lowest BCUT2D eigenvalue weighted by atomic mass is 10.1. The molecule has 1 amide bonds. The van der Waals surface area contributed by atoms with Crippen LogP contribution in [0.15, 0.2) is 12.2 Å². The van der Waals surface area contributed by atoms with Crippen LogP contribution < -0.4 is 11.1 Å². The van der Waals surface area contributed by atoms with E-state index >= 15 is 0 Å². The summed E-state index contributed by atoms with van der Waals surface area (Å²) >= 11 is 0. The standard InChI is InChI=1S/C10H18N2O/c1-2-5-9(11)10(13)12-8-6-3-4-7-8/h3-4,8-9H,2,5-7,11H2,1H3,(H,12,13)/t9-/m1/s1. The summed E-state index contributed by atoms with van der Waals surface area (Å²) in [6, 6.07) is -0.0407. The number of nitrogens with one attached hydrogen (secondary N) is 1. The fraction of sp³-hybridized carbons (Fsp3) is 0.700. The summed E-state index contributed by atoms with van der Waals surface area (Å²) in [6.45, 7) is 2.03. The second-order valence-corrected chi connectivity index (χ2v) is 3.54. The number of carbonyl (C=O) groups is 1. The zero-order chi connectivity index (χ0) is 9.68. The number of nitrogens with two attached hydrogens (primary N) is 1. The molecule has 0 saturated carbocycles. The maximum absolute atomic E-state index is 11.4. The zero-order valence-corrected chi connectivity index (χ0v) is 8.12. The van der Waals surface area contributed by atoms with Gasteiger partial charge in [-0.1, -0.05) is 25.5 Å². The molecule has 0 heterocycles. The number of hydrogen-bond acceptors (Lipinski definition) is 2. The van der Waals surface area contributed by atoms with Gasteiger partial charge in [-0.2, -0.15) is 0 Å². The van der Waals surface area contributed by atoms with E-state index in [1.54, 1.807) is 0 Å². The van der Waals surface area contributed by atoms with E-state index in [1.807, 2.05) is 6.92 Å². The van der Waals surface area contributed by atoms with Gasteiger partial charge in [0.15, 0.2) is 0 Å². The second-order valence-electron chi connectivity index (χ2n) is 3.54. The van der Waals surface area contributed by atoms with Gasteiger partial charge in [0.2, 0.25) is 5.91 Å². The lowest BCUT2D eigenvalue weighted by Gasteiger charge is -2.15. The first-order valence-corrected chi connectivity index (χ1v) is 4.95. The minimum absolute atomic E-state index is 0.00412. The molecule has 1 rings (SSSR count). The highest BCUT2D eigenvalue weighted by atomic mass is 16.2. The molecular formula is C10H18N2O. The second kappa shape index (κ2) is 5.02. The van der Waals surface area contributed by atoms with Gasteiger partial charge in [-0.15, -0.1) is 0 Å². The first-order chi connectivity index (χ1) is 6.24. The summed E-state index contributed by atoms with van der Waals surface area (Å²) in [5.41, 5.74) is 5.67. The molecule has 0 bridgehead atoms. The van der Waals surface area contributed by atoms with E-state index in [1.165, 1.54) is 0 Å². The molecule has 0 aliphatic heterocycles. The Morgan fingerprint density at radius 1 is 1.62 bits per heavy atom. The van der Waals surface area contributed by atoms with Gasteiger partial charge < -0.3 is 11.1 Å². The van der Waals surface area contributed by atoms with Crippen molar-refractivity contribution in [2.24, 2.45) is 5.73 Å². The number of rotatable bonds is 4. The van der Waals surface area contributed by atoms with Crippen LogP contribution in [-0.4, -0.2) is 18.0 Å². The molecule has 13 heavy (non-hydrogen) atoms. The Morgan fingerprint density at radius 2 is 2.23 bits per heavy atom. The summed E-state index contributed by atoms with van der Waals surface area (Å²) in [5, 5.41) is 2.94. The van der Waals surface area contributed by atoms with Gasteiger partial charge in [-0.25, -0.2) is 0 Å². The molecule has 0 unspecified atom stereocenters. The Kier molecular flexibility index (Phi) is 3.96. The van der Waals surface area contributed by atoms with Crippen LogP contribution in [-0.2, 0) is 4.79 Å². The molecule has 0 fully saturated rings. The summed E-state index contributed by atoms with van der Waals surface area (Å²) < 4.78 is 0. The van der Waals surface area contributed by atoms with Crippen molar-refractivity contribution in [1.82, 2.24) is 5.32 Å². The Hall–Kier alpha value is -0.830. The molecule has 1 atom stereocenters. The van der Waals surface area contributed by atoms with Crippen molar-refractivity contribution < 1.29 is 4.79 Å². The molecule has 0 saturated heterocycles. The quantitative estimate of drug-likeness (QED) is 0.636. The Labute approximate surface area is 79.4 Å². The SMILES string of the molecule is CCC[C@@H](N)C(=O)NC1CC=CC1. The van der Waals surface area contributed by atoms with E-state index in [4.69, 9.17) is 5.73 Å². The van der Waals surface area contributed by atoms with Crippen molar-refractivity contribution in [1.29, 1.82) is 0 Å². The normalized spacial score (nSPS) is 18.9. The van der Waals surface area contributed by atoms with Crippen LogP contribution in [0.1, 0.15) is 32.6 Å². The van der Waals surface area contributed by atoms with Gasteiger partial charge in [0.05, 0.1) is 6.04 Å². The minimum atomic E-state index is -0.328. The lowest BCUT2D eigenvalue weighted by molar-refractivity contribution is -0.123. The first kappa shape index (κ1) is 10.3. The van der Waals surface area contributed by atoms with Crippen LogP contribution in [0.5, 0.6) is 0 Å². The van der Waals surface area contributed by atoms with Crippen LogP contribution >= 0.6 is 0 Å². The van der Waals surface area contributed by atoms with E-state index in [9.17, 15) is 4.79 Å². The number of hydrogen-bond donors (Lipinski definition) is 2. The molecule has 3 heteroatoms. The Balaban J connectivity index is 2.23. The predicted octanol–water partition coefficient (Wildman–Crippen LogP) is 0.949. The van der Waals surface area contributed by atoms with Crippen LogP contribution in [0.25, 0.3) is 0 Å². The van der Waals surface area contributed by atoms with Crippen LogP contribution in [0.4, 0.5) is 0 Å². The fourth-order valence-electron chi connectivity index (χ4n) is 1.49. The van der Waals surface area contributed by atoms with Crippen LogP contribution in [0.2, 0.25) is 0 Å². The van der Waals surface area contributed by atoms with Gasteiger partial charge in [0, 0.05) is 6.04 Å². The van der Waals surface area contributed by atoms with Gasteiger partial charge in [-0.3, -0.25) is 4.79 Å². The van der Waals surface area contributed by atoms with Crippen molar-refractivity contribution in [3.05, 3.63) is 12.2 Å². The third-order valence-electron chi connectivity index (χ3n) is 2.29. The number of carbonyl (C=O) groups excluding carboxylic acids is 1. The highest BCUT2D eigenvalue weighted by Gasteiger charge is 2.17. The van der Waals surface area contributed by atoms with Crippen LogP contribution in [0.3, 0.4) is 0 Å². The molecular weight excluding hydrogens is 164 g/mol. The van der Waals surface area contributed by atoms with Crippen molar-refractivity contribution in [3.8, 4) is 0 Å². The average molecular weight is 182 g/mol. The van der Waals surface area contributed by atoms with Crippen molar-refractivity contribution in [3.63, 3.8) is 0 Å². The number of amides is 1. The van der Waals surface area contributed by atoms with Crippen molar-refractivity contribution >= 4 is 5.91 Å². The predicted molar refractivity (Wildman–Crippen MR) is 53.2 cm³/mol. The summed E-state index contributed by atoms with van der Waals surface area (Å²) in [6.07, 6.45) is 7.81. The minimum Gasteiger partial charge on any atom is -0.351 e. The lowest BCUT2D eigenvalue weighted by Crippen LogP contribution is -2.44.